The highest BCUT2D eigenvalue weighted by Gasteiger charge is 2.34. The number of aromatic nitrogens is 2. The largest absolute Gasteiger partial charge is 0.439 e. The molecule has 0 saturated heterocycles. The number of ether oxygens (including phenoxy) is 1. The van der Waals surface area contributed by atoms with E-state index in [1.165, 1.54) is 7.05 Å². The van der Waals surface area contributed by atoms with Gasteiger partial charge in [-0.05, 0) is 18.6 Å². The van der Waals surface area contributed by atoms with E-state index >= 15 is 0 Å². The molecule has 0 fully saturated rings. The third-order valence-corrected chi connectivity index (χ3v) is 2.52. The van der Waals surface area contributed by atoms with Gasteiger partial charge < -0.3 is 10.1 Å². The van der Waals surface area contributed by atoms with E-state index in [4.69, 9.17) is 4.74 Å². The van der Waals surface area contributed by atoms with Crippen molar-refractivity contribution in [3.8, 4) is 11.6 Å². The zero-order valence-electron chi connectivity index (χ0n) is 10.8. The average molecular weight is 283 g/mol. The molecule has 1 aromatic heterocycles. The van der Waals surface area contributed by atoms with E-state index in [9.17, 15) is 13.2 Å². The Kier molecular flexibility index (Phi) is 3.78. The number of nitrogens with zero attached hydrogens (tertiary/aromatic N) is 2. The topological polar surface area (TPSA) is 47.0 Å². The van der Waals surface area contributed by atoms with Gasteiger partial charge in [0.1, 0.15) is 5.75 Å². The highest BCUT2D eigenvalue weighted by atomic mass is 19.4. The molecule has 1 N–H and O–H groups in total. The summed E-state index contributed by atoms with van der Waals surface area (Å²) in [4.78, 5) is 7.22. The lowest BCUT2D eigenvalue weighted by Gasteiger charge is -2.11. The highest BCUT2D eigenvalue weighted by Crippen LogP contribution is 2.32. The van der Waals surface area contributed by atoms with Crippen LogP contribution < -0.4 is 10.1 Å². The summed E-state index contributed by atoms with van der Waals surface area (Å²) in [5.41, 5.74) is -0.258. The van der Waals surface area contributed by atoms with Gasteiger partial charge in [0.2, 0.25) is 11.8 Å². The first kappa shape index (κ1) is 14.1. The molecule has 1 aromatic carbocycles. The van der Waals surface area contributed by atoms with E-state index in [1.807, 2.05) is 6.07 Å². The molecule has 2 rings (SSSR count). The van der Waals surface area contributed by atoms with Gasteiger partial charge in [0.05, 0.1) is 0 Å². The Bertz CT molecular complexity index is 614. The summed E-state index contributed by atoms with van der Waals surface area (Å²) in [5, 5.41) is 2.48. The van der Waals surface area contributed by atoms with Crippen molar-refractivity contribution in [2.24, 2.45) is 0 Å². The molecule has 0 saturated carbocycles. The Balaban J connectivity index is 2.39. The molecule has 0 aliphatic carbocycles. The first-order valence-corrected chi connectivity index (χ1v) is 5.77. The number of halogens is 3. The third-order valence-electron chi connectivity index (χ3n) is 2.52. The van der Waals surface area contributed by atoms with Crippen LogP contribution in [0.1, 0.15) is 11.3 Å². The molecule has 7 heteroatoms. The van der Waals surface area contributed by atoms with Crippen molar-refractivity contribution in [3.05, 3.63) is 41.6 Å². The van der Waals surface area contributed by atoms with Crippen LogP contribution in [0.5, 0.6) is 11.6 Å². The van der Waals surface area contributed by atoms with Crippen LogP contribution in [0.3, 0.4) is 0 Å². The lowest BCUT2D eigenvalue weighted by molar-refractivity contribution is -0.141. The van der Waals surface area contributed by atoms with Gasteiger partial charge >= 0.3 is 6.18 Å². The van der Waals surface area contributed by atoms with Gasteiger partial charge in [0, 0.05) is 13.1 Å². The number of nitrogens with one attached hydrogen (secondary N) is 1. The number of alkyl halides is 3. The Morgan fingerprint density at radius 2 is 1.85 bits per heavy atom. The SMILES string of the molecule is CNc1nc(Oc2ccccc2C)cc(C(F)(F)F)n1. The molecular formula is C13H12F3N3O. The van der Waals surface area contributed by atoms with Crippen molar-refractivity contribution >= 4 is 5.95 Å². The van der Waals surface area contributed by atoms with Crippen LogP contribution in [-0.4, -0.2) is 17.0 Å². The molecule has 1 heterocycles. The van der Waals surface area contributed by atoms with E-state index < -0.39 is 11.9 Å². The second-order valence-corrected chi connectivity index (χ2v) is 4.03. The van der Waals surface area contributed by atoms with Crippen LogP contribution in [-0.2, 0) is 6.18 Å². The summed E-state index contributed by atoms with van der Waals surface area (Å²) in [6, 6.07) is 7.76. The minimum atomic E-state index is -4.56. The monoisotopic (exact) mass is 283 g/mol. The van der Waals surface area contributed by atoms with E-state index in [0.717, 1.165) is 11.6 Å². The van der Waals surface area contributed by atoms with Crippen molar-refractivity contribution < 1.29 is 17.9 Å². The number of rotatable bonds is 3. The number of anilines is 1. The molecular weight excluding hydrogens is 271 g/mol. The van der Waals surface area contributed by atoms with Crippen LogP contribution in [0.2, 0.25) is 0 Å². The second-order valence-electron chi connectivity index (χ2n) is 4.03. The maximum absolute atomic E-state index is 12.7. The molecule has 0 amide bonds. The van der Waals surface area contributed by atoms with E-state index in [2.05, 4.69) is 15.3 Å². The van der Waals surface area contributed by atoms with Gasteiger partial charge in [-0.3, -0.25) is 0 Å². The number of hydrogen-bond acceptors (Lipinski definition) is 4. The summed E-state index contributed by atoms with van der Waals surface area (Å²) in [7, 11) is 1.44. The summed E-state index contributed by atoms with van der Waals surface area (Å²) < 4.78 is 43.6. The molecule has 0 spiro atoms. The zero-order chi connectivity index (χ0) is 14.8. The molecule has 0 aliphatic rings. The molecule has 2 aromatic rings. The van der Waals surface area contributed by atoms with E-state index in [0.29, 0.717) is 5.75 Å². The van der Waals surface area contributed by atoms with Crippen LogP contribution in [0.15, 0.2) is 30.3 Å². The number of para-hydroxylation sites is 1. The lowest BCUT2D eigenvalue weighted by atomic mass is 10.2. The van der Waals surface area contributed by atoms with Crippen LogP contribution >= 0.6 is 0 Å². The van der Waals surface area contributed by atoms with Gasteiger partial charge in [-0.2, -0.15) is 18.2 Å². The van der Waals surface area contributed by atoms with E-state index in [1.54, 1.807) is 25.1 Å². The normalized spacial score (nSPS) is 11.2. The Labute approximate surface area is 113 Å². The molecule has 0 radical (unpaired) electrons. The van der Waals surface area contributed by atoms with Crippen molar-refractivity contribution in [2.45, 2.75) is 13.1 Å². The number of benzene rings is 1. The minimum absolute atomic E-state index is 0.150. The lowest BCUT2D eigenvalue weighted by Crippen LogP contribution is -2.11. The standard InChI is InChI=1S/C13H12F3N3O/c1-8-5-3-4-6-9(8)20-11-7-10(13(14,15)16)18-12(17-2)19-11/h3-7H,1-2H3,(H,17,18,19). The summed E-state index contributed by atoms with van der Waals surface area (Å²) >= 11 is 0. The maximum Gasteiger partial charge on any atom is 0.433 e. The quantitative estimate of drug-likeness (QED) is 0.934. The van der Waals surface area contributed by atoms with Gasteiger partial charge in [-0.25, -0.2) is 4.98 Å². The molecule has 0 atom stereocenters. The average Bonchev–Trinajstić information content (AvgIpc) is 2.40. The summed E-state index contributed by atoms with van der Waals surface area (Å²) in [6.07, 6.45) is -4.56. The summed E-state index contributed by atoms with van der Waals surface area (Å²) in [6.45, 7) is 1.79. The van der Waals surface area contributed by atoms with Crippen molar-refractivity contribution in [2.75, 3.05) is 12.4 Å². The molecule has 20 heavy (non-hydrogen) atoms. The van der Waals surface area contributed by atoms with Crippen LogP contribution in [0.25, 0.3) is 0 Å². The third kappa shape index (κ3) is 3.17. The van der Waals surface area contributed by atoms with Crippen molar-refractivity contribution in [1.82, 2.24) is 9.97 Å². The zero-order valence-corrected chi connectivity index (χ0v) is 10.8. The van der Waals surface area contributed by atoms with E-state index in [-0.39, 0.29) is 11.8 Å². The Morgan fingerprint density at radius 3 is 2.45 bits per heavy atom. The van der Waals surface area contributed by atoms with Crippen molar-refractivity contribution in [3.63, 3.8) is 0 Å². The molecule has 0 aliphatic heterocycles. The van der Waals surface area contributed by atoms with Gasteiger partial charge in [0.15, 0.2) is 5.69 Å². The van der Waals surface area contributed by atoms with Gasteiger partial charge in [0.25, 0.3) is 0 Å². The molecule has 0 unspecified atom stereocenters. The Hall–Kier alpha value is -2.31. The van der Waals surface area contributed by atoms with Gasteiger partial charge in [-0.15, -0.1) is 0 Å². The number of aryl methyl sites for hydroxylation is 1. The molecule has 0 bridgehead atoms. The fourth-order valence-corrected chi connectivity index (χ4v) is 1.52. The smallest absolute Gasteiger partial charge is 0.433 e. The predicted octanol–water partition coefficient (Wildman–Crippen LogP) is 3.64. The maximum atomic E-state index is 12.7. The van der Waals surface area contributed by atoms with Crippen LogP contribution in [0.4, 0.5) is 19.1 Å². The fraction of sp³-hybridized carbons (Fsp3) is 0.231. The molecule has 4 nitrogen and oxygen atoms in total. The minimum Gasteiger partial charge on any atom is -0.439 e. The Morgan fingerprint density at radius 1 is 1.15 bits per heavy atom. The first-order chi connectivity index (χ1) is 9.40. The highest BCUT2D eigenvalue weighted by molar-refractivity contribution is 5.37. The van der Waals surface area contributed by atoms with Gasteiger partial charge in [-0.1, -0.05) is 18.2 Å². The second kappa shape index (κ2) is 5.36. The predicted molar refractivity (Wildman–Crippen MR) is 67.8 cm³/mol. The first-order valence-electron chi connectivity index (χ1n) is 5.77. The fourth-order valence-electron chi connectivity index (χ4n) is 1.52. The number of hydrogen-bond donors (Lipinski definition) is 1. The summed E-state index contributed by atoms with van der Waals surface area (Å²) in [5.74, 6) is 0.135. The molecule has 106 valence electrons. The van der Waals surface area contributed by atoms with Crippen molar-refractivity contribution in [1.29, 1.82) is 0 Å². The van der Waals surface area contributed by atoms with Crippen LogP contribution in [0, 0.1) is 6.92 Å².